The fourth-order valence-electron chi connectivity index (χ4n) is 2.43. The van der Waals surface area contributed by atoms with E-state index in [1.54, 1.807) is 10.9 Å². The van der Waals surface area contributed by atoms with Crippen LogP contribution in [0.15, 0.2) is 6.20 Å². The second-order valence-electron chi connectivity index (χ2n) is 6.07. The predicted molar refractivity (Wildman–Crippen MR) is 89.1 cm³/mol. The molecule has 7 nitrogen and oxygen atoms in total. The van der Waals surface area contributed by atoms with Crippen LogP contribution >= 0.6 is 0 Å². The lowest BCUT2D eigenvalue weighted by molar-refractivity contribution is 0.165. The maximum absolute atomic E-state index is 12.1. The van der Waals surface area contributed by atoms with Gasteiger partial charge in [-0.1, -0.05) is 13.8 Å². The van der Waals surface area contributed by atoms with E-state index < -0.39 is 0 Å². The lowest BCUT2D eigenvalue weighted by Crippen LogP contribution is -2.39. The first-order chi connectivity index (χ1) is 10.9. The van der Waals surface area contributed by atoms with Crippen LogP contribution < -0.4 is 10.6 Å². The Morgan fingerprint density at radius 1 is 1.48 bits per heavy atom. The van der Waals surface area contributed by atoms with Crippen LogP contribution in [0.25, 0.3) is 0 Å². The first kappa shape index (κ1) is 19.0. The lowest BCUT2D eigenvalue weighted by atomic mass is 9.79. The van der Waals surface area contributed by atoms with Gasteiger partial charge in [0.1, 0.15) is 11.6 Å². The van der Waals surface area contributed by atoms with E-state index in [-0.39, 0.29) is 29.9 Å². The summed E-state index contributed by atoms with van der Waals surface area (Å²) >= 11 is 0. The van der Waals surface area contributed by atoms with E-state index in [9.17, 15) is 9.90 Å². The molecule has 0 saturated carbocycles. The Labute approximate surface area is 137 Å². The monoisotopic (exact) mass is 321 g/mol. The molecule has 0 radical (unpaired) electrons. The van der Waals surface area contributed by atoms with Crippen molar-refractivity contribution >= 4 is 11.8 Å². The second-order valence-corrected chi connectivity index (χ2v) is 6.07. The lowest BCUT2D eigenvalue weighted by Gasteiger charge is -2.31. The summed E-state index contributed by atoms with van der Waals surface area (Å²) in [4.78, 5) is 12.1. The molecule has 1 rings (SSSR count). The Balaban J connectivity index is 2.72. The normalized spacial score (nSPS) is 11.3. The quantitative estimate of drug-likeness (QED) is 0.684. The summed E-state index contributed by atoms with van der Waals surface area (Å²) in [5.74, 6) is 0.263. The highest BCUT2D eigenvalue weighted by Gasteiger charge is 2.26. The minimum atomic E-state index is -0.389. The minimum Gasteiger partial charge on any atom is -0.396 e. The van der Waals surface area contributed by atoms with Crippen LogP contribution in [0.5, 0.6) is 0 Å². The molecule has 2 amide bonds. The topological polar surface area (TPSA) is 103 Å². The molecule has 0 atom stereocenters. The third-order valence-corrected chi connectivity index (χ3v) is 4.38. The molecule has 0 aliphatic rings. The van der Waals surface area contributed by atoms with Crippen molar-refractivity contribution in [3.05, 3.63) is 11.8 Å². The number of carbonyl (C=O) groups excluding carboxylic acids is 1. The average molecular weight is 321 g/mol. The average Bonchev–Trinajstić information content (AvgIpc) is 2.94. The zero-order valence-corrected chi connectivity index (χ0v) is 14.4. The molecular weight excluding hydrogens is 294 g/mol. The molecule has 0 aliphatic heterocycles. The number of rotatable bonds is 8. The number of nitriles is 1. The van der Waals surface area contributed by atoms with Crippen LogP contribution in [0.4, 0.5) is 10.6 Å². The van der Waals surface area contributed by atoms with Crippen molar-refractivity contribution in [3.8, 4) is 6.07 Å². The zero-order chi connectivity index (χ0) is 17.5. The molecule has 128 valence electrons. The molecule has 0 aromatic carbocycles. The van der Waals surface area contributed by atoms with Crippen molar-refractivity contribution in [1.82, 2.24) is 15.1 Å². The van der Waals surface area contributed by atoms with Crippen LogP contribution in [-0.4, -0.2) is 34.1 Å². The van der Waals surface area contributed by atoms with Gasteiger partial charge in [-0.3, -0.25) is 10.00 Å². The number of nitrogens with one attached hydrogen (secondary N) is 2. The molecule has 0 unspecified atom stereocenters. The zero-order valence-electron chi connectivity index (χ0n) is 14.4. The molecule has 1 heterocycles. The molecule has 3 N–H and O–H groups in total. The molecule has 7 heteroatoms. The predicted octanol–water partition coefficient (Wildman–Crippen LogP) is 2.65. The number of aromatic nitrogens is 2. The van der Waals surface area contributed by atoms with Gasteiger partial charge in [-0.2, -0.15) is 10.4 Å². The summed E-state index contributed by atoms with van der Waals surface area (Å²) in [6.45, 7) is 8.57. The smallest absolute Gasteiger partial charge is 0.320 e. The third kappa shape index (κ3) is 4.96. The van der Waals surface area contributed by atoms with Crippen LogP contribution in [0.2, 0.25) is 0 Å². The van der Waals surface area contributed by atoms with E-state index in [4.69, 9.17) is 5.26 Å². The fraction of sp³-hybridized carbons (Fsp3) is 0.688. The number of aliphatic hydroxyl groups excluding tert-OH is 1. The Kier molecular flexibility index (Phi) is 7.04. The van der Waals surface area contributed by atoms with Crippen molar-refractivity contribution in [1.29, 1.82) is 5.26 Å². The van der Waals surface area contributed by atoms with Gasteiger partial charge < -0.3 is 10.4 Å². The van der Waals surface area contributed by atoms with Crippen LogP contribution in [0, 0.1) is 16.7 Å². The summed E-state index contributed by atoms with van der Waals surface area (Å²) in [6.07, 6.45) is 4.01. The number of hydrogen-bond donors (Lipinski definition) is 3. The van der Waals surface area contributed by atoms with Gasteiger partial charge in [-0.05, 0) is 38.5 Å². The molecule has 1 aromatic rings. The van der Waals surface area contributed by atoms with Gasteiger partial charge in [-0.15, -0.1) is 0 Å². The van der Waals surface area contributed by atoms with E-state index in [1.807, 2.05) is 19.9 Å². The fourth-order valence-corrected chi connectivity index (χ4v) is 2.43. The number of aliphatic hydroxyl groups is 1. The van der Waals surface area contributed by atoms with Crippen LogP contribution in [-0.2, 0) is 0 Å². The maximum atomic E-state index is 12.1. The number of hydrogen-bond acceptors (Lipinski definition) is 4. The van der Waals surface area contributed by atoms with E-state index in [1.165, 1.54) is 0 Å². The highest BCUT2D eigenvalue weighted by molar-refractivity contribution is 5.89. The van der Waals surface area contributed by atoms with Crippen LogP contribution in [0.1, 0.15) is 58.6 Å². The van der Waals surface area contributed by atoms with Gasteiger partial charge in [0.05, 0.1) is 0 Å². The molecule has 23 heavy (non-hydrogen) atoms. The van der Waals surface area contributed by atoms with Gasteiger partial charge in [0.15, 0.2) is 5.82 Å². The van der Waals surface area contributed by atoms with E-state index >= 15 is 0 Å². The Bertz CT molecular complexity index is 555. The molecule has 1 aromatic heterocycles. The number of anilines is 1. The molecule has 0 fully saturated rings. The molecular formula is C16H27N5O2. The van der Waals surface area contributed by atoms with E-state index in [0.717, 1.165) is 12.8 Å². The van der Waals surface area contributed by atoms with Gasteiger partial charge in [0, 0.05) is 25.4 Å². The van der Waals surface area contributed by atoms with Gasteiger partial charge >= 0.3 is 6.03 Å². The van der Waals surface area contributed by atoms with Crippen LogP contribution in [0.3, 0.4) is 0 Å². The maximum Gasteiger partial charge on any atom is 0.320 e. The first-order valence-corrected chi connectivity index (χ1v) is 8.06. The number of carbonyl (C=O) groups is 1. The summed E-state index contributed by atoms with van der Waals surface area (Å²) in [5.41, 5.74) is 0.225. The standard InChI is InChI=1S/C16H27N5O2/c1-5-16(6-2,7-8-22)11-18-15(23)19-14-13(9-17)10-21(20-14)12(3)4/h10,12,22H,5-8,11H2,1-4H3,(H2,18,19,20,23). The Morgan fingerprint density at radius 3 is 2.61 bits per heavy atom. The second kappa shape index (κ2) is 8.53. The Morgan fingerprint density at radius 2 is 2.13 bits per heavy atom. The van der Waals surface area contributed by atoms with Crippen molar-refractivity contribution in [3.63, 3.8) is 0 Å². The van der Waals surface area contributed by atoms with E-state index in [0.29, 0.717) is 18.5 Å². The largest absolute Gasteiger partial charge is 0.396 e. The minimum absolute atomic E-state index is 0.0996. The van der Waals surface area contributed by atoms with Crippen molar-refractivity contribution in [2.75, 3.05) is 18.5 Å². The molecule has 0 aliphatic carbocycles. The van der Waals surface area contributed by atoms with Gasteiger partial charge in [-0.25, -0.2) is 4.79 Å². The summed E-state index contributed by atoms with van der Waals surface area (Å²) in [6, 6.07) is 1.75. The summed E-state index contributed by atoms with van der Waals surface area (Å²) in [5, 5.41) is 28.0. The number of urea groups is 1. The first-order valence-electron chi connectivity index (χ1n) is 8.06. The summed E-state index contributed by atoms with van der Waals surface area (Å²) < 4.78 is 1.64. The van der Waals surface area contributed by atoms with Crippen molar-refractivity contribution in [2.45, 2.75) is 53.0 Å². The molecule has 0 saturated heterocycles. The van der Waals surface area contributed by atoms with Crippen molar-refractivity contribution < 1.29 is 9.90 Å². The van der Waals surface area contributed by atoms with Gasteiger partial charge in [0.25, 0.3) is 0 Å². The summed E-state index contributed by atoms with van der Waals surface area (Å²) in [7, 11) is 0. The molecule has 0 bridgehead atoms. The highest BCUT2D eigenvalue weighted by Crippen LogP contribution is 2.29. The molecule has 0 spiro atoms. The Hall–Kier alpha value is -2.07. The number of amides is 2. The van der Waals surface area contributed by atoms with E-state index in [2.05, 4.69) is 29.6 Å². The number of nitrogens with zero attached hydrogens (tertiary/aromatic N) is 3. The highest BCUT2D eigenvalue weighted by atomic mass is 16.3. The third-order valence-electron chi connectivity index (χ3n) is 4.38. The van der Waals surface area contributed by atoms with Crippen molar-refractivity contribution in [2.24, 2.45) is 5.41 Å². The SMILES string of the molecule is CCC(CC)(CCO)CNC(=O)Nc1nn(C(C)C)cc1C#N. The van der Waals surface area contributed by atoms with Gasteiger partial charge in [0.2, 0.25) is 0 Å².